The van der Waals surface area contributed by atoms with Gasteiger partial charge in [0.15, 0.2) is 0 Å². The molecule has 1 aromatic carbocycles. The van der Waals surface area contributed by atoms with E-state index in [2.05, 4.69) is 21.2 Å². The maximum absolute atomic E-state index is 13.7. The van der Waals surface area contributed by atoms with Crippen LogP contribution in [0.5, 0.6) is 0 Å². The standard InChI is InChI=1S/C10H9BrFNO2/c11-7-2-1-6-5(8(7)12)3-4-13-9(6)10(14)15/h1-2,9,13H,3-4H2,(H,14,15). The number of fused-ring (bicyclic) bond motifs is 1. The highest BCUT2D eigenvalue weighted by molar-refractivity contribution is 9.10. The van der Waals surface area contributed by atoms with Crippen LogP contribution in [-0.2, 0) is 11.2 Å². The Morgan fingerprint density at radius 2 is 2.33 bits per heavy atom. The molecule has 2 N–H and O–H groups in total. The van der Waals surface area contributed by atoms with Gasteiger partial charge in [0, 0.05) is 6.54 Å². The summed E-state index contributed by atoms with van der Waals surface area (Å²) >= 11 is 3.09. The van der Waals surface area contributed by atoms with Crippen LogP contribution in [0.25, 0.3) is 0 Å². The second-order valence-corrected chi connectivity index (χ2v) is 4.26. The zero-order chi connectivity index (χ0) is 11.0. The highest BCUT2D eigenvalue weighted by atomic mass is 79.9. The van der Waals surface area contributed by atoms with Crippen molar-refractivity contribution in [1.82, 2.24) is 5.32 Å². The molecule has 5 heteroatoms. The molecule has 1 aliphatic heterocycles. The highest BCUT2D eigenvalue weighted by Crippen LogP contribution is 2.29. The lowest BCUT2D eigenvalue weighted by molar-refractivity contribution is -0.139. The van der Waals surface area contributed by atoms with Crippen molar-refractivity contribution in [2.45, 2.75) is 12.5 Å². The number of halogens is 2. The SMILES string of the molecule is O=C(O)C1NCCc2c1ccc(Br)c2F. The molecule has 0 aliphatic carbocycles. The van der Waals surface area contributed by atoms with Gasteiger partial charge in [0.1, 0.15) is 11.9 Å². The molecule has 1 aliphatic rings. The molecule has 0 radical (unpaired) electrons. The van der Waals surface area contributed by atoms with Crippen molar-refractivity contribution >= 4 is 21.9 Å². The van der Waals surface area contributed by atoms with Gasteiger partial charge in [-0.15, -0.1) is 0 Å². The van der Waals surface area contributed by atoms with Crippen LogP contribution in [0.2, 0.25) is 0 Å². The highest BCUT2D eigenvalue weighted by Gasteiger charge is 2.28. The predicted octanol–water partition coefficient (Wildman–Crippen LogP) is 1.86. The summed E-state index contributed by atoms with van der Waals surface area (Å²) in [4.78, 5) is 10.9. The number of carbonyl (C=O) groups is 1. The normalized spacial score (nSPS) is 19.7. The van der Waals surface area contributed by atoms with Crippen molar-refractivity contribution in [3.05, 3.63) is 33.5 Å². The van der Waals surface area contributed by atoms with Gasteiger partial charge in [-0.1, -0.05) is 6.07 Å². The maximum Gasteiger partial charge on any atom is 0.325 e. The third-order valence-electron chi connectivity index (χ3n) is 2.51. The molecule has 80 valence electrons. The van der Waals surface area contributed by atoms with E-state index in [1.54, 1.807) is 6.07 Å². The first kappa shape index (κ1) is 10.6. The average molecular weight is 274 g/mol. The molecule has 0 fully saturated rings. The van der Waals surface area contributed by atoms with E-state index in [0.29, 0.717) is 28.6 Å². The minimum Gasteiger partial charge on any atom is -0.480 e. The first-order valence-corrected chi connectivity index (χ1v) is 5.33. The fraction of sp³-hybridized carbons (Fsp3) is 0.300. The number of nitrogens with one attached hydrogen (secondary N) is 1. The minimum atomic E-state index is -0.974. The van der Waals surface area contributed by atoms with Crippen LogP contribution < -0.4 is 5.32 Å². The van der Waals surface area contributed by atoms with Crippen LogP contribution in [-0.4, -0.2) is 17.6 Å². The van der Waals surface area contributed by atoms with Crippen molar-refractivity contribution in [2.24, 2.45) is 0 Å². The van der Waals surface area contributed by atoms with E-state index in [1.165, 1.54) is 6.07 Å². The fourth-order valence-electron chi connectivity index (χ4n) is 1.80. The number of hydrogen-bond acceptors (Lipinski definition) is 2. The first-order valence-electron chi connectivity index (χ1n) is 4.54. The summed E-state index contributed by atoms with van der Waals surface area (Å²) in [7, 11) is 0. The lowest BCUT2D eigenvalue weighted by Gasteiger charge is -2.24. The number of hydrogen-bond donors (Lipinski definition) is 2. The molecule has 1 heterocycles. The van der Waals surface area contributed by atoms with Crippen molar-refractivity contribution in [3.8, 4) is 0 Å². The lowest BCUT2D eigenvalue weighted by atomic mass is 9.94. The van der Waals surface area contributed by atoms with Gasteiger partial charge in [0.25, 0.3) is 0 Å². The van der Waals surface area contributed by atoms with E-state index in [-0.39, 0.29) is 5.82 Å². The molecule has 15 heavy (non-hydrogen) atoms. The van der Waals surface area contributed by atoms with Gasteiger partial charge in [0.2, 0.25) is 0 Å². The number of benzene rings is 1. The third-order valence-corrected chi connectivity index (χ3v) is 3.13. The zero-order valence-corrected chi connectivity index (χ0v) is 9.34. The van der Waals surface area contributed by atoms with Gasteiger partial charge >= 0.3 is 5.97 Å². The lowest BCUT2D eigenvalue weighted by Crippen LogP contribution is -2.35. The van der Waals surface area contributed by atoms with E-state index in [9.17, 15) is 9.18 Å². The largest absolute Gasteiger partial charge is 0.480 e. The van der Waals surface area contributed by atoms with Gasteiger partial charge in [-0.2, -0.15) is 0 Å². The Morgan fingerprint density at radius 3 is 3.00 bits per heavy atom. The van der Waals surface area contributed by atoms with Crippen LogP contribution in [0.1, 0.15) is 17.2 Å². The molecule has 1 unspecified atom stereocenters. The van der Waals surface area contributed by atoms with Gasteiger partial charge < -0.3 is 10.4 Å². The van der Waals surface area contributed by atoms with Crippen molar-refractivity contribution in [3.63, 3.8) is 0 Å². The molecular formula is C10H9BrFNO2. The smallest absolute Gasteiger partial charge is 0.325 e. The van der Waals surface area contributed by atoms with Crippen LogP contribution >= 0.6 is 15.9 Å². The van der Waals surface area contributed by atoms with E-state index >= 15 is 0 Å². The molecule has 0 spiro atoms. The van der Waals surface area contributed by atoms with Crippen molar-refractivity contribution < 1.29 is 14.3 Å². The summed E-state index contributed by atoms with van der Waals surface area (Å²) in [6.07, 6.45) is 0.518. The second-order valence-electron chi connectivity index (χ2n) is 3.40. The summed E-state index contributed by atoms with van der Waals surface area (Å²) in [5, 5.41) is 11.8. The summed E-state index contributed by atoms with van der Waals surface area (Å²) in [5.74, 6) is -1.32. The number of carboxylic acid groups (broad SMARTS) is 1. The summed E-state index contributed by atoms with van der Waals surface area (Å²) in [6, 6.07) is 2.39. The van der Waals surface area contributed by atoms with Crippen molar-refractivity contribution in [2.75, 3.05) is 6.54 Å². The number of rotatable bonds is 1. The molecule has 0 aromatic heterocycles. The molecule has 1 atom stereocenters. The first-order chi connectivity index (χ1) is 7.11. The van der Waals surface area contributed by atoms with Gasteiger partial charge in [-0.25, -0.2) is 4.39 Å². The molecule has 2 rings (SSSR count). The molecule has 0 saturated carbocycles. The Hall–Kier alpha value is -0.940. The molecule has 0 saturated heterocycles. The Labute approximate surface area is 94.4 Å². The molecule has 0 bridgehead atoms. The fourth-order valence-corrected chi connectivity index (χ4v) is 2.18. The van der Waals surface area contributed by atoms with Crippen LogP contribution in [0.3, 0.4) is 0 Å². The van der Waals surface area contributed by atoms with Gasteiger partial charge in [-0.05, 0) is 39.5 Å². The third kappa shape index (κ3) is 1.77. The number of aliphatic carboxylic acids is 1. The predicted molar refractivity (Wildman–Crippen MR) is 56.2 cm³/mol. The summed E-state index contributed by atoms with van der Waals surface area (Å²) < 4.78 is 14.0. The minimum absolute atomic E-state index is 0.347. The van der Waals surface area contributed by atoms with E-state index in [1.807, 2.05) is 0 Å². The van der Waals surface area contributed by atoms with E-state index in [4.69, 9.17) is 5.11 Å². The topological polar surface area (TPSA) is 49.3 Å². The molecule has 0 amide bonds. The van der Waals surface area contributed by atoms with Crippen molar-refractivity contribution in [1.29, 1.82) is 0 Å². The zero-order valence-electron chi connectivity index (χ0n) is 7.76. The Balaban J connectivity index is 2.54. The summed E-state index contributed by atoms with van der Waals surface area (Å²) in [6.45, 7) is 0.483. The summed E-state index contributed by atoms with van der Waals surface area (Å²) in [5.41, 5.74) is 1.02. The quantitative estimate of drug-likeness (QED) is 0.821. The number of carboxylic acids is 1. The molecule has 3 nitrogen and oxygen atoms in total. The Morgan fingerprint density at radius 1 is 1.60 bits per heavy atom. The monoisotopic (exact) mass is 273 g/mol. The molecule has 1 aromatic rings. The maximum atomic E-state index is 13.7. The Kier molecular flexibility index (Phi) is 2.75. The van der Waals surface area contributed by atoms with Gasteiger partial charge in [0.05, 0.1) is 4.47 Å². The van der Waals surface area contributed by atoms with Crippen LogP contribution in [0.15, 0.2) is 16.6 Å². The van der Waals surface area contributed by atoms with Crippen LogP contribution in [0.4, 0.5) is 4.39 Å². The van der Waals surface area contributed by atoms with E-state index < -0.39 is 12.0 Å². The molecular weight excluding hydrogens is 265 g/mol. The van der Waals surface area contributed by atoms with Crippen LogP contribution in [0, 0.1) is 5.82 Å². The van der Waals surface area contributed by atoms with E-state index in [0.717, 1.165) is 0 Å². The average Bonchev–Trinajstić information content (AvgIpc) is 2.23. The van der Waals surface area contributed by atoms with Gasteiger partial charge in [-0.3, -0.25) is 4.79 Å². The second kappa shape index (κ2) is 3.90. The Bertz CT molecular complexity index is 422.